The van der Waals surface area contributed by atoms with E-state index >= 15 is 0 Å². The lowest BCUT2D eigenvalue weighted by Gasteiger charge is -2.33. The summed E-state index contributed by atoms with van der Waals surface area (Å²) in [6.07, 6.45) is 1.51. The van der Waals surface area contributed by atoms with E-state index < -0.39 is 7.12 Å². The average molecular weight is 221 g/mol. The second-order valence-electron chi connectivity index (χ2n) is 4.11. The number of hydrogen-bond donors (Lipinski definition) is 2. The maximum absolute atomic E-state index is 8.95. The molecule has 0 saturated carbocycles. The van der Waals surface area contributed by atoms with Gasteiger partial charge in [-0.1, -0.05) is 6.07 Å². The summed E-state index contributed by atoms with van der Waals surface area (Å²) in [6.45, 7) is 3.99. The first-order chi connectivity index (χ1) is 7.66. The van der Waals surface area contributed by atoms with Gasteiger partial charge in [-0.15, -0.1) is 0 Å². The van der Waals surface area contributed by atoms with E-state index in [4.69, 9.17) is 10.0 Å². The van der Waals surface area contributed by atoms with E-state index in [-0.39, 0.29) is 0 Å². The molecular weight excluding hydrogens is 205 g/mol. The van der Waals surface area contributed by atoms with E-state index in [1.807, 2.05) is 6.07 Å². The van der Waals surface area contributed by atoms with Crippen molar-refractivity contribution in [3.8, 4) is 0 Å². The van der Waals surface area contributed by atoms with Gasteiger partial charge in [0.25, 0.3) is 0 Å². The van der Waals surface area contributed by atoms with Crippen LogP contribution < -0.4 is 10.4 Å². The zero-order chi connectivity index (χ0) is 11.5. The Morgan fingerprint density at radius 2 is 1.88 bits per heavy atom. The van der Waals surface area contributed by atoms with Gasteiger partial charge in [0, 0.05) is 37.8 Å². The molecule has 1 aliphatic heterocycles. The molecule has 0 radical (unpaired) electrons. The van der Waals surface area contributed by atoms with Gasteiger partial charge in [-0.25, -0.2) is 4.98 Å². The number of nitrogens with zero attached hydrogens (tertiary/aromatic N) is 3. The number of aromatic nitrogens is 1. The molecule has 6 heteroatoms. The van der Waals surface area contributed by atoms with Crippen molar-refractivity contribution < 1.29 is 10.0 Å². The molecule has 16 heavy (non-hydrogen) atoms. The van der Waals surface area contributed by atoms with Crippen molar-refractivity contribution in [3.05, 3.63) is 18.3 Å². The summed E-state index contributed by atoms with van der Waals surface area (Å²) in [5.41, 5.74) is 0.429. The van der Waals surface area contributed by atoms with Gasteiger partial charge in [0.2, 0.25) is 0 Å². The Labute approximate surface area is 95.5 Å². The summed E-state index contributed by atoms with van der Waals surface area (Å²) in [4.78, 5) is 8.72. The zero-order valence-electron chi connectivity index (χ0n) is 9.37. The predicted octanol–water partition coefficient (Wildman–Crippen LogP) is -1.49. The van der Waals surface area contributed by atoms with Crippen molar-refractivity contribution in [2.75, 3.05) is 38.1 Å². The fourth-order valence-electron chi connectivity index (χ4n) is 1.77. The van der Waals surface area contributed by atoms with Crippen LogP contribution in [0.3, 0.4) is 0 Å². The topological polar surface area (TPSA) is 59.8 Å². The largest absolute Gasteiger partial charge is 0.490 e. The van der Waals surface area contributed by atoms with E-state index in [1.165, 1.54) is 6.20 Å². The fraction of sp³-hybridized carbons (Fsp3) is 0.500. The fourth-order valence-corrected chi connectivity index (χ4v) is 1.77. The lowest BCUT2D eigenvalue weighted by molar-refractivity contribution is 0.312. The molecule has 2 rings (SSSR count). The number of anilines is 1. The Hall–Kier alpha value is -1.11. The molecule has 0 aromatic carbocycles. The van der Waals surface area contributed by atoms with Crippen molar-refractivity contribution in [1.82, 2.24) is 9.88 Å². The van der Waals surface area contributed by atoms with E-state index in [2.05, 4.69) is 21.8 Å². The first-order valence-electron chi connectivity index (χ1n) is 5.42. The van der Waals surface area contributed by atoms with Crippen molar-refractivity contribution in [1.29, 1.82) is 0 Å². The molecule has 1 aromatic heterocycles. The molecule has 0 amide bonds. The summed E-state index contributed by atoms with van der Waals surface area (Å²) < 4.78 is 0. The summed E-state index contributed by atoms with van der Waals surface area (Å²) in [7, 11) is 0.671. The molecule has 2 N–H and O–H groups in total. The zero-order valence-corrected chi connectivity index (χ0v) is 9.37. The molecule has 1 aromatic rings. The molecule has 0 atom stereocenters. The van der Waals surface area contributed by atoms with Gasteiger partial charge in [-0.3, -0.25) is 0 Å². The Morgan fingerprint density at radius 1 is 1.19 bits per heavy atom. The Balaban J connectivity index is 2.04. The van der Waals surface area contributed by atoms with Crippen LogP contribution in [0.2, 0.25) is 0 Å². The molecule has 86 valence electrons. The van der Waals surface area contributed by atoms with Crippen LogP contribution in [0.25, 0.3) is 0 Å². The van der Waals surface area contributed by atoms with Crippen LogP contribution in [0.4, 0.5) is 5.82 Å². The third-order valence-corrected chi connectivity index (χ3v) is 2.90. The van der Waals surface area contributed by atoms with Gasteiger partial charge in [0.1, 0.15) is 5.82 Å². The van der Waals surface area contributed by atoms with Gasteiger partial charge in [0.05, 0.1) is 0 Å². The molecule has 0 spiro atoms. The predicted molar refractivity (Wildman–Crippen MR) is 63.8 cm³/mol. The Kier molecular flexibility index (Phi) is 3.43. The van der Waals surface area contributed by atoms with Crippen LogP contribution in [0.5, 0.6) is 0 Å². The van der Waals surface area contributed by atoms with E-state index in [0.29, 0.717) is 5.46 Å². The van der Waals surface area contributed by atoms with Gasteiger partial charge < -0.3 is 19.8 Å². The van der Waals surface area contributed by atoms with Crippen LogP contribution in [-0.2, 0) is 0 Å². The standard InChI is InChI=1S/C10H16BN3O2/c1-13-4-6-14(7-5-13)10-3-2-9(8-12-10)11(15)16/h2-3,8,15-16H,4-7H2,1H3. The third-order valence-electron chi connectivity index (χ3n) is 2.90. The maximum Gasteiger partial charge on any atom is 0.490 e. The maximum atomic E-state index is 8.95. The number of piperazine rings is 1. The molecule has 0 aliphatic carbocycles. The first kappa shape index (κ1) is 11.4. The monoisotopic (exact) mass is 221 g/mol. The molecule has 1 saturated heterocycles. The van der Waals surface area contributed by atoms with Crippen molar-refractivity contribution in [2.45, 2.75) is 0 Å². The quantitative estimate of drug-likeness (QED) is 0.596. The van der Waals surface area contributed by atoms with Crippen molar-refractivity contribution >= 4 is 18.4 Å². The SMILES string of the molecule is CN1CCN(c2ccc(B(O)O)cn2)CC1. The lowest BCUT2D eigenvalue weighted by atomic mass is 9.82. The summed E-state index contributed by atoms with van der Waals surface area (Å²) in [6, 6.07) is 3.53. The number of rotatable bonds is 2. The minimum atomic E-state index is -1.44. The molecule has 2 heterocycles. The molecule has 5 nitrogen and oxygen atoms in total. The second kappa shape index (κ2) is 4.82. The van der Waals surface area contributed by atoms with Crippen LogP contribution in [-0.4, -0.2) is 60.3 Å². The summed E-state index contributed by atoms with van der Waals surface area (Å²) in [5, 5.41) is 17.9. The second-order valence-corrected chi connectivity index (χ2v) is 4.11. The average Bonchev–Trinajstić information content (AvgIpc) is 2.30. The highest BCUT2D eigenvalue weighted by atomic mass is 16.4. The van der Waals surface area contributed by atoms with Gasteiger partial charge >= 0.3 is 7.12 Å². The molecular formula is C10H16BN3O2. The van der Waals surface area contributed by atoms with Crippen LogP contribution in [0.15, 0.2) is 18.3 Å². The highest BCUT2D eigenvalue weighted by Gasteiger charge is 2.16. The number of likely N-dealkylation sites (N-methyl/N-ethyl adjacent to an activating group) is 1. The minimum Gasteiger partial charge on any atom is -0.423 e. The number of pyridine rings is 1. The summed E-state index contributed by atoms with van der Waals surface area (Å²) >= 11 is 0. The Morgan fingerprint density at radius 3 is 2.38 bits per heavy atom. The smallest absolute Gasteiger partial charge is 0.423 e. The minimum absolute atomic E-state index is 0.429. The first-order valence-corrected chi connectivity index (χ1v) is 5.42. The van der Waals surface area contributed by atoms with Gasteiger partial charge in [-0.05, 0) is 13.1 Å². The summed E-state index contributed by atoms with van der Waals surface area (Å²) in [5.74, 6) is 0.900. The van der Waals surface area contributed by atoms with Crippen molar-refractivity contribution in [3.63, 3.8) is 0 Å². The Bertz CT molecular complexity index is 336. The lowest BCUT2D eigenvalue weighted by Crippen LogP contribution is -2.45. The van der Waals surface area contributed by atoms with Crippen molar-refractivity contribution in [2.24, 2.45) is 0 Å². The van der Waals surface area contributed by atoms with E-state index in [0.717, 1.165) is 32.0 Å². The van der Waals surface area contributed by atoms with Crippen LogP contribution in [0.1, 0.15) is 0 Å². The number of hydrogen-bond acceptors (Lipinski definition) is 5. The van der Waals surface area contributed by atoms with Crippen LogP contribution >= 0.6 is 0 Å². The molecule has 0 unspecified atom stereocenters. The molecule has 1 fully saturated rings. The van der Waals surface area contributed by atoms with Crippen LogP contribution in [0, 0.1) is 0 Å². The normalized spacial score (nSPS) is 17.6. The molecule has 0 bridgehead atoms. The van der Waals surface area contributed by atoms with Gasteiger partial charge in [-0.2, -0.15) is 0 Å². The highest BCUT2D eigenvalue weighted by molar-refractivity contribution is 6.58. The van der Waals surface area contributed by atoms with Gasteiger partial charge in [0.15, 0.2) is 0 Å². The van der Waals surface area contributed by atoms with E-state index in [9.17, 15) is 0 Å². The molecule has 1 aliphatic rings. The third kappa shape index (κ3) is 2.52. The highest BCUT2D eigenvalue weighted by Crippen LogP contribution is 2.10. The van der Waals surface area contributed by atoms with E-state index in [1.54, 1.807) is 6.07 Å².